The molecule has 1 heterocycles. The predicted octanol–water partition coefficient (Wildman–Crippen LogP) is 4.45. The zero-order valence-corrected chi connectivity index (χ0v) is 14.1. The molecule has 0 aromatic heterocycles. The van der Waals surface area contributed by atoms with Crippen molar-refractivity contribution in [1.82, 2.24) is 0 Å². The molecule has 3 nitrogen and oxygen atoms in total. The van der Waals surface area contributed by atoms with Gasteiger partial charge in [-0.3, -0.25) is 0 Å². The van der Waals surface area contributed by atoms with E-state index in [-0.39, 0.29) is 0 Å². The fourth-order valence-electron chi connectivity index (χ4n) is 2.61. The van der Waals surface area contributed by atoms with Gasteiger partial charge < -0.3 is 14.2 Å². The Morgan fingerprint density at radius 2 is 2.00 bits per heavy atom. The maximum Gasteiger partial charge on any atom is 0.127 e. The molecule has 0 aromatic rings. The quantitative estimate of drug-likeness (QED) is 0.674. The summed E-state index contributed by atoms with van der Waals surface area (Å²) in [4.78, 5) is 0. The molecule has 2 aliphatic carbocycles. The van der Waals surface area contributed by atoms with Gasteiger partial charge in [0, 0.05) is 5.22 Å². The van der Waals surface area contributed by atoms with E-state index >= 15 is 0 Å². The monoisotopic (exact) mass is 306 g/mol. The van der Waals surface area contributed by atoms with Crippen molar-refractivity contribution >= 4 is 0 Å². The Kier molecular flexibility index (Phi) is 7.75. The molecule has 0 amide bonds. The van der Waals surface area contributed by atoms with Gasteiger partial charge in [0.25, 0.3) is 0 Å². The molecule has 22 heavy (non-hydrogen) atoms. The predicted molar refractivity (Wildman–Crippen MR) is 89.2 cm³/mol. The van der Waals surface area contributed by atoms with Crippen LogP contribution in [-0.2, 0) is 9.47 Å². The number of hydrogen-bond acceptors (Lipinski definition) is 3. The first-order valence-electron chi connectivity index (χ1n) is 8.81. The van der Waals surface area contributed by atoms with E-state index in [1.54, 1.807) is 0 Å². The molecular weight excluding hydrogens is 276 g/mol. The highest BCUT2D eigenvalue weighted by atomic mass is 16.6. The van der Waals surface area contributed by atoms with Crippen LogP contribution in [0.15, 0.2) is 18.2 Å². The molecule has 0 aromatic carbocycles. The summed E-state index contributed by atoms with van der Waals surface area (Å²) in [5.74, 6) is 1.11. The van der Waals surface area contributed by atoms with Crippen LogP contribution >= 0.6 is 0 Å². The van der Waals surface area contributed by atoms with Gasteiger partial charge in [0.2, 0.25) is 0 Å². The van der Waals surface area contributed by atoms with Gasteiger partial charge in [0.15, 0.2) is 0 Å². The molecule has 1 aliphatic heterocycles. The second kappa shape index (κ2) is 9.86. The zero-order valence-electron chi connectivity index (χ0n) is 14.1. The number of ether oxygens (including phenoxy) is 3. The first-order chi connectivity index (χ1) is 10.8. The summed E-state index contributed by atoms with van der Waals surface area (Å²) in [6, 6.07) is 6.37. The van der Waals surface area contributed by atoms with Gasteiger partial charge in [-0.25, -0.2) is 0 Å². The van der Waals surface area contributed by atoms with Crippen LogP contribution in [0.4, 0.5) is 0 Å². The van der Waals surface area contributed by atoms with Gasteiger partial charge in [-0.15, -0.1) is 0 Å². The van der Waals surface area contributed by atoms with Crippen molar-refractivity contribution in [2.24, 2.45) is 0 Å². The highest BCUT2D eigenvalue weighted by Crippen LogP contribution is 2.23. The zero-order chi connectivity index (χ0) is 15.6. The Labute approximate surface area is 134 Å². The molecule has 0 radical (unpaired) electrons. The lowest BCUT2D eigenvalue weighted by molar-refractivity contribution is -0.0906. The lowest BCUT2D eigenvalue weighted by Crippen LogP contribution is -2.28. The van der Waals surface area contributed by atoms with Crippen molar-refractivity contribution in [3.63, 3.8) is 0 Å². The van der Waals surface area contributed by atoms with Crippen molar-refractivity contribution in [3.8, 4) is 5.75 Å². The summed E-state index contributed by atoms with van der Waals surface area (Å²) in [6.45, 7) is 7.64. The highest BCUT2D eigenvalue weighted by Gasteiger charge is 2.11. The topological polar surface area (TPSA) is 27.7 Å². The molecule has 0 bridgehead atoms. The van der Waals surface area contributed by atoms with Gasteiger partial charge in [0.1, 0.15) is 5.75 Å². The summed E-state index contributed by atoms with van der Waals surface area (Å²) in [5.41, 5.74) is 0. The van der Waals surface area contributed by atoms with Crippen LogP contribution in [0.3, 0.4) is 0 Å². The van der Waals surface area contributed by atoms with Crippen molar-refractivity contribution in [2.45, 2.75) is 58.5 Å². The molecule has 124 valence electrons. The minimum absolute atomic E-state index is 0.378. The maximum atomic E-state index is 5.61. The van der Waals surface area contributed by atoms with Crippen LogP contribution in [0.2, 0.25) is 0 Å². The van der Waals surface area contributed by atoms with E-state index in [0.29, 0.717) is 6.10 Å². The van der Waals surface area contributed by atoms with E-state index in [2.05, 4.69) is 32.0 Å². The van der Waals surface area contributed by atoms with E-state index in [0.717, 1.165) is 38.6 Å². The van der Waals surface area contributed by atoms with Crippen LogP contribution in [0.1, 0.15) is 52.4 Å². The molecule has 1 fully saturated rings. The van der Waals surface area contributed by atoms with Crippen LogP contribution in [0, 0.1) is 10.4 Å². The summed E-state index contributed by atoms with van der Waals surface area (Å²) in [7, 11) is 0. The number of rotatable bonds is 8. The largest absolute Gasteiger partial charge is 0.493 e. The third-order valence-corrected chi connectivity index (χ3v) is 4.04. The Hall–Kier alpha value is -1.06. The Morgan fingerprint density at radius 3 is 2.55 bits per heavy atom. The van der Waals surface area contributed by atoms with Crippen molar-refractivity contribution in [2.75, 3.05) is 26.4 Å². The standard InChI is InChI=1S/C12H16O.C7H14O2/c1-2-3-4-5-8-13-12-9-10-6-7-11(10)12;1-2-3-7-6-8-4-5-9-7/h6-7,9H,2-5,8H2,1H3;7H,2-6H2,1H3. The molecule has 0 N–H and O–H groups in total. The first kappa shape index (κ1) is 17.3. The molecule has 3 rings (SSSR count). The van der Waals surface area contributed by atoms with Crippen LogP contribution in [0.25, 0.3) is 0 Å². The first-order valence-corrected chi connectivity index (χ1v) is 8.81. The van der Waals surface area contributed by atoms with Gasteiger partial charge in [-0.2, -0.15) is 0 Å². The van der Waals surface area contributed by atoms with Gasteiger partial charge in [0.05, 0.1) is 32.5 Å². The smallest absolute Gasteiger partial charge is 0.127 e. The van der Waals surface area contributed by atoms with Crippen LogP contribution < -0.4 is 4.74 Å². The van der Waals surface area contributed by atoms with E-state index in [4.69, 9.17) is 14.2 Å². The van der Waals surface area contributed by atoms with E-state index in [1.165, 1.54) is 42.5 Å². The minimum Gasteiger partial charge on any atom is -0.493 e. The third-order valence-electron chi connectivity index (χ3n) is 4.04. The second-order valence-electron chi connectivity index (χ2n) is 5.98. The average Bonchev–Trinajstić information content (AvgIpc) is 2.53. The number of unbranched alkanes of at least 4 members (excludes halogenated alkanes) is 3. The highest BCUT2D eigenvalue weighted by molar-refractivity contribution is 5.38. The summed E-state index contributed by atoms with van der Waals surface area (Å²) >= 11 is 0. The molecule has 1 saturated heterocycles. The van der Waals surface area contributed by atoms with Crippen molar-refractivity contribution < 1.29 is 14.2 Å². The number of hydrogen-bond donors (Lipinski definition) is 0. The maximum absolute atomic E-state index is 5.61. The van der Waals surface area contributed by atoms with Gasteiger partial charge >= 0.3 is 0 Å². The fraction of sp³-hybridized carbons (Fsp3) is 0.684. The molecule has 3 heteroatoms. The molecular formula is C19H30O3. The second-order valence-corrected chi connectivity index (χ2v) is 5.98. The van der Waals surface area contributed by atoms with Crippen LogP contribution in [-0.4, -0.2) is 32.5 Å². The van der Waals surface area contributed by atoms with E-state index in [9.17, 15) is 0 Å². The summed E-state index contributed by atoms with van der Waals surface area (Å²) < 4.78 is 16.2. The molecule has 1 unspecified atom stereocenters. The molecule has 3 aliphatic rings. The van der Waals surface area contributed by atoms with Crippen LogP contribution in [0.5, 0.6) is 5.75 Å². The van der Waals surface area contributed by atoms with E-state index < -0.39 is 0 Å². The Bertz CT molecular complexity index is 503. The van der Waals surface area contributed by atoms with Crippen molar-refractivity contribution in [3.05, 3.63) is 28.6 Å². The lowest BCUT2D eigenvalue weighted by Gasteiger charge is -2.21. The molecule has 1 atom stereocenters. The molecule has 0 spiro atoms. The Balaban J connectivity index is 0.000000172. The fourth-order valence-corrected chi connectivity index (χ4v) is 2.61. The minimum atomic E-state index is 0.378. The number of benzene rings is 1. The van der Waals surface area contributed by atoms with Gasteiger partial charge in [-0.05, 0) is 24.1 Å². The van der Waals surface area contributed by atoms with E-state index in [1.807, 2.05) is 0 Å². The Morgan fingerprint density at radius 1 is 1.09 bits per heavy atom. The SMILES string of the molecule is CCCC1COCCO1.CCCCCCOc1cc2ccc1=2. The summed E-state index contributed by atoms with van der Waals surface area (Å²) in [5, 5.41) is 2.69. The lowest BCUT2D eigenvalue weighted by atomic mass is 10.1. The third kappa shape index (κ3) is 5.29. The molecule has 0 saturated carbocycles. The average molecular weight is 306 g/mol. The summed E-state index contributed by atoms with van der Waals surface area (Å²) in [6.07, 6.45) is 7.82. The van der Waals surface area contributed by atoms with Gasteiger partial charge in [-0.1, -0.05) is 51.7 Å². The normalized spacial score (nSPS) is 18.4. The van der Waals surface area contributed by atoms with Crippen molar-refractivity contribution in [1.29, 1.82) is 0 Å².